The number of rotatable bonds is 4. The first-order valence-electron chi connectivity index (χ1n) is 4.04. The first-order valence-corrected chi connectivity index (χ1v) is 4.04. The zero-order chi connectivity index (χ0) is 10.4. The summed E-state index contributed by atoms with van der Waals surface area (Å²) in [6.07, 6.45) is 4.82. The highest BCUT2D eigenvalue weighted by molar-refractivity contribution is 5.53. The molecule has 1 heterocycles. The zero-order valence-corrected chi connectivity index (χ0v) is 8.10. The van der Waals surface area contributed by atoms with Gasteiger partial charge >= 0.3 is 6.01 Å². The van der Waals surface area contributed by atoms with E-state index in [1.54, 1.807) is 18.3 Å². The highest BCUT2D eigenvalue weighted by Gasteiger charge is 2.04. The molecule has 0 aromatic carbocycles. The van der Waals surface area contributed by atoms with Crippen molar-refractivity contribution < 1.29 is 14.6 Å². The van der Waals surface area contributed by atoms with E-state index < -0.39 is 0 Å². The van der Waals surface area contributed by atoms with Crippen LogP contribution in [0.25, 0.3) is 6.08 Å². The molecule has 0 spiro atoms. The predicted octanol–water partition coefficient (Wildman–Crippen LogP) is 0.499. The average Bonchev–Trinajstić information content (AvgIpc) is 2.26. The van der Waals surface area contributed by atoms with E-state index in [4.69, 9.17) is 14.6 Å². The Labute approximate surface area is 82.0 Å². The SMILES string of the molecule is COc1ncc(C=CCO)c(OC)n1. The Balaban J connectivity index is 2.99. The van der Waals surface area contributed by atoms with E-state index in [-0.39, 0.29) is 12.6 Å². The molecule has 1 N–H and O–H groups in total. The number of hydrogen-bond acceptors (Lipinski definition) is 5. The molecule has 0 aliphatic heterocycles. The van der Waals surface area contributed by atoms with Crippen LogP contribution in [-0.2, 0) is 0 Å². The fourth-order valence-electron chi connectivity index (χ4n) is 0.916. The summed E-state index contributed by atoms with van der Waals surface area (Å²) >= 11 is 0. The van der Waals surface area contributed by atoms with Gasteiger partial charge in [-0.05, 0) is 6.08 Å². The predicted molar refractivity (Wildman–Crippen MR) is 51.3 cm³/mol. The molecular weight excluding hydrogens is 184 g/mol. The second-order valence-electron chi connectivity index (χ2n) is 2.41. The molecule has 1 aromatic rings. The summed E-state index contributed by atoms with van der Waals surface area (Å²) in [6, 6.07) is 0.253. The molecule has 14 heavy (non-hydrogen) atoms. The van der Waals surface area contributed by atoms with Crippen molar-refractivity contribution in [2.24, 2.45) is 0 Å². The van der Waals surface area contributed by atoms with E-state index >= 15 is 0 Å². The van der Waals surface area contributed by atoms with Crippen molar-refractivity contribution in [3.63, 3.8) is 0 Å². The fourth-order valence-corrected chi connectivity index (χ4v) is 0.916. The number of aromatic nitrogens is 2. The third kappa shape index (κ3) is 2.43. The number of aliphatic hydroxyl groups excluding tert-OH is 1. The molecule has 76 valence electrons. The Morgan fingerprint density at radius 1 is 1.43 bits per heavy atom. The lowest BCUT2D eigenvalue weighted by molar-refractivity contribution is 0.343. The van der Waals surface area contributed by atoms with Crippen LogP contribution in [0.5, 0.6) is 11.9 Å². The molecule has 0 unspecified atom stereocenters. The third-order valence-electron chi connectivity index (χ3n) is 1.54. The first-order chi connectivity index (χ1) is 6.81. The summed E-state index contributed by atoms with van der Waals surface area (Å²) in [7, 11) is 3.00. The van der Waals surface area contributed by atoms with Gasteiger partial charge in [-0.2, -0.15) is 4.98 Å². The summed E-state index contributed by atoms with van der Waals surface area (Å²) in [4.78, 5) is 7.89. The minimum absolute atomic E-state index is 0.0326. The van der Waals surface area contributed by atoms with E-state index in [9.17, 15) is 0 Å². The van der Waals surface area contributed by atoms with Crippen LogP contribution in [0.4, 0.5) is 0 Å². The van der Waals surface area contributed by atoms with E-state index in [2.05, 4.69) is 9.97 Å². The standard InChI is InChI=1S/C9H12N2O3/c1-13-8-7(4-3-5-12)6-10-9(11-8)14-2/h3-4,6,12H,5H2,1-2H3. The van der Waals surface area contributed by atoms with Crippen LogP contribution in [0, 0.1) is 0 Å². The summed E-state index contributed by atoms with van der Waals surface area (Å²) in [5, 5.41) is 8.60. The highest BCUT2D eigenvalue weighted by Crippen LogP contribution is 2.18. The van der Waals surface area contributed by atoms with E-state index in [1.165, 1.54) is 14.2 Å². The van der Waals surface area contributed by atoms with Gasteiger partial charge < -0.3 is 14.6 Å². The minimum atomic E-state index is -0.0326. The normalized spacial score (nSPS) is 10.5. The quantitative estimate of drug-likeness (QED) is 0.759. The van der Waals surface area contributed by atoms with Gasteiger partial charge in [-0.1, -0.05) is 6.08 Å². The second kappa shape index (κ2) is 5.18. The molecule has 0 amide bonds. The molecule has 5 nitrogen and oxygen atoms in total. The van der Waals surface area contributed by atoms with Crippen LogP contribution in [0.15, 0.2) is 12.3 Å². The molecule has 0 saturated heterocycles. The minimum Gasteiger partial charge on any atom is -0.480 e. The number of ether oxygens (including phenoxy) is 2. The Kier molecular flexibility index (Phi) is 3.87. The second-order valence-corrected chi connectivity index (χ2v) is 2.41. The lowest BCUT2D eigenvalue weighted by atomic mass is 10.3. The summed E-state index contributed by atoms with van der Waals surface area (Å²) < 4.78 is 9.86. The molecule has 0 fully saturated rings. The molecule has 0 bridgehead atoms. The summed E-state index contributed by atoms with van der Waals surface area (Å²) in [5.74, 6) is 0.418. The topological polar surface area (TPSA) is 64.5 Å². The highest BCUT2D eigenvalue weighted by atomic mass is 16.5. The third-order valence-corrected chi connectivity index (χ3v) is 1.54. The molecule has 1 rings (SSSR count). The summed E-state index contributed by atoms with van der Waals surface area (Å²) in [6.45, 7) is -0.0326. The van der Waals surface area contributed by atoms with Gasteiger partial charge in [-0.3, -0.25) is 0 Å². The van der Waals surface area contributed by atoms with Crippen molar-refractivity contribution in [1.82, 2.24) is 9.97 Å². The van der Waals surface area contributed by atoms with E-state index in [0.29, 0.717) is 11.4 Å². The largest absolute Gasteiger partial charge is 0.480 e. The van der Waals surface area contributed by atoms with Gasteiger partial charge in [0.2, 0.25) is 5.88 Å². The Morgan fingerprint density at radius 2 is 2.21 bits per heavy atom. The Hall–Kier alpha value is -1.62. The van der Waals surface area contributed by atoms with Crippen molar-refractivity contribution in [1.29, 1.82) is 0 Å². The van der Waals surface area contributed by atoms with Crippen LogP contribution in [0.1, 0.15) is 5.56 Å². The van der Waals surface area contributed by atoms with Crippen LogP contribution in [-0.4, -0.2) is 35.9 Å². The molecule has 0 saturated carbocycles. The van der Waals surface area contributed by atoms with Crippen molar-refractivity contribution in [3.8, 4) is 11.9 Å². The number of hydrogen-bond donors (Lipinski definition) is 1. The van der Waals surface area contributed by atoms with Gasteiger partial charge in [0.25, 0.3) is 0 Å². The smallest absolute Gasteiger partial charge is 0.319 e. The fraction of sp³-hybridized carbons (Fsp3) is 0.333. The molecule has 5 heteroatoms. The number of nitrogens with zero attached hydrogens (tertiary/aromatic N) is 2. The van der Waals surface area contributed by atoms with Crippen LogP contribution < -0.4 is 9.47 Å². The number of aliphatic hydroxyl groups is 1. The van der Waals surface area contributed by atoms with Gasteiger partial charge in [0.15, 0.2) is 0 Å². The summed E-state index contributed by atoms with van der Waals surface area (Å²) in [5.41, 5.74) is 0.697. The van der Waals surface area contributed by atoms with Crippen LogP contribution in [0.3, 0.4) is 0 Å². The number of methoxy groups -OCH3 is 2. The van der Waals surface area contributed by atoms with Gasteiger partial charge in [0.05, 0.1) is 26.4 Å². The van der Waals surface area contributed by atoms with Crippen LogP contribution in [0.2, 0.25) is 0 Å². The maximum atomic E-state index is 8.60. The van der Waals surface area contributed by atoms with Crippen molar-refractivity contribution in [3.05, 3.63) is 17.8 Å². The molecule has 0 aliphatic carbocycles. The van der Waals surface area contributed by atoms with Crippen molar-refractivity contribution in [2.45, 2.75) is 0 Å². The molecule has 0 aliphatic rings. The maximum absolute atomic E-state index is 8.60. The monoisotopic (exact) mass is 196 g/mol. The van der Waals surface area contributed by atoms with Crippen molar-refractivity contribution in [2.75, 3.05) is 20.8 Å². The van der Waals surface area contributed by atoms with Gasteiger partial charge in [-0.15, -0.1) is 0 Å². The molecule has 1 aromatic heterocycles. The lowest BCUT2D eigenvalue weighted by Gasteiger charge is -2.04. The lowest BCUT2D eigenvalue weighted by Crippen LogP contribution is -1.97. The zero-order valence-electron chi connectivity index (χ0n) is 8.10. The van der Waals surface area contributed by atoms with Gasteiger partial charge in [0, 0.05) is 6.20 Å². The first kappa shape index (κ1) is 10.5. The Bertz CT molecular complexity index is 326. The molecule has 0 radical (unpaired) electrons. The average molecular weight is 196 g/mol. The van der Waals surface area contributed by atoms with Crippen LogP contribution >= 0.6 is 0 Å². The van der Waals surface area contributed by atoms with E-state index in [1.807, 2.05) is 0 Å². The maximum Gasteiger partial charge on any atom is 0.319 e. The van der Waals surface area contributed by atoms with Gasteiger partial charge in [0.1, 0.15) is 0 Å². The molecular formula is C9H12N2O3. The van der Waals surface area contributed by atoms with E-state index in [0.717, 1.165) is 0 Å². The Morgan fingerprint density at radius 3 is 2.79 bits per heavy atom. The molecule has 0 atom stereocenters. The van der Waals surface area contributed by atoms with Gasteiger partial charge in [-0.25, -0.2) is 4.98 Å². The van der Waals surface area contributed by atoms with Crippen molar-refractivity contribution >= 4 is 6.08 Å².